The molecular formula is C15H18F3NO. The summed E-state index contributed by atoms with van der Waals surface area (Å²) in [6.07, 6.45) is 0.309. The predicted octanol–water partition coefficient (Wildman–Crippen LogP) is 3.87. The van der Waals surface area contributed by atoms with Gasteiger partial charge in [-0.2, -0.15) is 13.2 Å². The number of halogens is 3. The van der Waals surface area contributed by atoms with Crippen LogP contribution in [0.15, 0.2) is 24.3 Å². The van der Waals surface area contributed by atoms with Gasteiger partial charge in [-0.1, -0.05) is 12.0 Å². The molecule has 5 heteroatoms. The highest BCUT2D eigenvalue weighted by molar-refractivity contribution is 5.54. The molecule has 0 amide bonds. The maximum atomic E-state index is 12.5. The molecular weight excluding hydrogens is 267 g/mol. The lowest BCUT2D eigenvalue weighted by Crippen LogP contribution is -2.44. The first-order valence-electron chi connectivity index (χ1n) is 6.16. The molecule has 0 unspecified atom stereocenters. The van der Waals surface area contributed by atoms with Crippen LogP contribution in [0.3, 0.4) is 0 Å². The first kappa shape index (κ1) is 16.2. The number of methoxy groups -OCH3 is 1. The first-order chi connectivity index (χ1) is 9.19. The molecule has 0 bridgehead atoms. The van der Waals surface area contributed by atoms with Gasteiger partial charge in [0.15, 0.2) is 0 Å². The summed E-state index contributed by atoms with van der Waals surface area (Å²) < 4.78 is 42.5. The lowest BCUT2D eigenvalue weighted by Gasteiger charge is -2.37. The number of benzene rings is 1. The average Bonchev–Trinajstić information content (AvgIpc) is 2.37. The van der Waals surface area contributed by atoms with Crippen molar-refractivity contribution in [2.24, 2.45) is 0 Å². The second-order valence-corrected chi connectivity index (χ2v) is 4.92. The topological polar surface area (TPSA) is 12.5 Å². The van der Waals surface area contributed by atoms with E-state index in [2.05, 4.69) is 5.92 Å². The zero-order chi connectivity index (χ0) is 15.4. The van der Waals surface area contributed by atoms with Crippen LogP contribution in [0.4, 0.5) is 18.9 Å². The summed E-state index contributed by atoms with van der Waals surface area (Å²) in [5.41, 5.74) is -0.214. The number of rotatable bonds is 5. The second kappa shape index (κ2) is 6.08. The largest absolute Gasteiger partial charge is 0.497 e. The van der Waals surface area contributed by atoms with Gasteiger partial charge in [-0.05, 0) is 26.0 Å². The van der Waals surface area contributed by atoms with E-state index in [0.29, 0.717) is 11.4 Å². The van der Waals surface area contributed by atoms with E-state index in [4.69, 9.17) is 11.2 Å². The molecule has 0 spiro atoms. The van der Waals surface area contributed by atoms with E-state index in [9.17, 15) is 13.2 Å². The first-order valence-corrected chi connectivity index (χ1v) is 6.16. The third-order valence-corrected chi connectivity index (χ3v) is 3.01. The van der Waals surface area contributed by atoms with Gasteiger partial charge in [0.05, 0.1) is 19.1 Å². The van der Waals surface area contributed by atoms with Crippen LogP contribution in [0.2, 0.25) is 0 Å². The van der Waals surface area contributed by atoms with Crippen LogP contribution in [0.25, 0.3) is 0 Å². The van der Waals surface area contributed by atoms with E-state index in [1.165, 1.54) is 7.11 Å². The van der Waals surface area contributed by atoms with Crippen LogP contribution < -0.4 is 9.64 Å². The molecule has 0 aliphatic rings. The fourth-order valence-electron chi connectivity index (χ4n) is 1.83. The van der Waals surface area contributed by atoms with Gasteiger partial charge < -0.3 is 9.64 Å². The molecule has 0 aliphatic heterocycles. The quantitative estimate of drug-likeness (QED) is 0.762. The zero-order valence-electron chi connectivity index (χ0n) is 11.8. The van der Waals surface area contributed by atoms with Gasteiger partial charge in [0.2, 0.25) is 0 Å². The Kier molecular flexibility index (Phi) is 4.93. The number of hydrogen-bond donors (Lipinski definition) is 0. The summed E-state index contributed by atoms with van der Waals surface area (Å²) in [5.74, 6) is 3.11. The molecule has 0 aromatic heterocycles. The maximum Gasteiger partial charge on any atom is 0.390 e. The molecule has 1 aromatic carbocycles. The summed E-state index contributed by atoms with van der Waals surface area (Å²) in [6.45, 7) is 3.22. The second-order valence-electron chi connectivity index (χ2n) is 4.92. The highest BCUT2D eigenvalue weighted by atomic mass is 19.4. The SMILES string of the molecule is C#CC(C)(C)N(CCC(F)(F)F)c1cccc(OC)c1. The van der Waals surface area contributed by atoms with Gasteiger partial charge in [-0.15, -0.1) is 6.42 Å². The monoisotopic (exact) mass is 285 g/mol. The van der Waals surface area contributed by atoms with Gasteiger partial charge >= 0.3 is 6.18 Å². The molecule has 1 aromatic rings. The van der Waals surface area contributed by atoms with Crippen molar-refractivity contribution in [2.45, 2.75) is 32.0 Å². The summed E-state index contributed by atoms with van der Waals surface area (Å²) in [4.78, 5) is 1.56. The lowest BCUT2D eigenvalue weighted by molar-refractivity contribution is -0.132. The Bertz CT molecular complexity index is 489. The Hall–Kier alpha value is -1.83. The Labute approximate surface area is 117 Å². The van der Waals surface area contributed by atoms with Gasteiger partial charge in [0.1, 0.15) is 5.75 Å². The van der Waals surface area contributed by atoms with Crippen molar-refractivity contribution in [1.82, 2.24) is 0 Å². The normalized spacial score (nSPS) is 11.8. The van der Waals surface area contributed by atoms with E-state index in [0.717, 1.165) is 0 Å². The fourth-order valence-corrected chi connectivity index (χ4v) is 1.83. The summed E-state index contributed by atoms with van der Waals surface area (Å²) in [5, 5.41) is 0. The van der Waals surface area contributed by atoms with E-state index in [-0.39, 0.29) is 6.54 Å². The minimum Gasteiger partial charge on any atom is -0.497 e. The molecule has 0 heterocycles. The number of terminal acetylenes is 1. The molecule has 110 valence electrons. The Balaban J connectivity index is 3.07. The van der Waals surface area contributed by atoms with Crippen LogP contribution in [-0.4, -0.2) is 25.4 Å². The smallest absolute Gasteiger partial charge is 0.390 e. The molecule has 20 heavy (non-hydrogen) atoms. The summed E-state index contributed by atoms with van der Waals surface area (Å²) in [6, 6.07) is 6.85. The predicted molar refractivity (Wildman–Crippen MR) is 73.9 cm³/mol. The van der Waals surface area contributed by atoms with Crippen LogP contribution in [0, 0.1) is 12.3 Å². The van der Waals surface area contributed by atoms with Gasteiger partial charge in [-0.25, -0.2) is 0 Å². The molecule has 0 N–H and O–H groups in total. The standard InChI is InChI=1S/C15H18F3NO/c1-5-14(2,3)19(10-9-15(16,17)18)12-7-6-8-13(11-12)20-4/h1,6-8,11H,9-10H2,2-4H3. The van der Waals surface area contributed by atoms with E-state index >= 15 is 0 Å². The number of ether oxygens (including phenoxy) is 1. The summed E-state index contributed by atoms with van der Waals surface area (Å²) in [7, 11) is 1.51. The molecule has 0 saturated carbocycles. The minimum atomic E-state index is -4.22. The molecule has 0 saturated heterocycles. The highest BCUT2D eigenvalue weighted by Gasteiger charge is 2.32. The van der Waals surface area contributed by atoms with Crippen molar-refractivity contribution in [3.05, 3.63) is 24.3 Å². The van der Waals surface area contributed by atoms with Crippen LogP contribution in [0.5, 0.6) is 5.75 Å². The molecule has 0 atom stereocenters. The Morgan fingerprint density at radius 1 is 1.30 bits per heavy atom. The van der Waals surface area contributed by atoms with Gasteiger partial charge in [0, 0.05) is 18.3 Å². The van der Waals surface area contributed by atoms with Crippen molar-refractivity contribution >= 4 is 5.69 Å². The van der Waals surface area contributed by atoms with E-state index < -0.39 is 18.1 Å². The lowest BCUT2D eigenvalue weighted by atomic mass is 10.0. The molecule has 1 rings (SSSR count). The third-order valence-electron chi connectivity index (χ3n) is 3.01. The number of nitrogens with zero attached hydrogens (tertiary/aromatic N) is 1. The van der Waals surface area contributed by atoms with Crippen LogP contribution in [0.1, 0.15) is 20.3 Å². The van der Waals surface area contributed by atoms with Crippen molar-refractivity contribution in [2.75, 3.05) is 18.6 Å². The number of hydrogen-bond acceptors (Lipinski definition) is 2. The number of anilines is 1. The summed E-state index contributed by atoms with van der Waals surface area (Å²) >= 11 is 0. The van der Waals surface area contributed by atoms with Gasteiger partial charge in [0.25, 0.3) is 0 Å². The minimum absolute atomic E-state index is 0.201. The van der Waals surface area contributed by atoms with Crippen molar-refractivity contribution in [1.29, 1.82) is 0 Å². The Morgan fingerprint density at radius 3 is 2.45 bits per heavy atom. The van der Waals surface area contributed by atoms with Crippen molar-refractivity contribution in [3.63, 3.8) is 0 Å². The molecule has 2 nitrogen and oxygen atoms in total. The zero-order valence-corrected chi connectivity index (χ0v) is 11.8. The van der Waals surface area contributed by atoms with Crippen LogP contribution >= 0.6 is 0 Å². The van der Waals surface area contributed by atoms with Crippen molar-refractivity contribution in [3.8, 4) is 18.1 Å². The average molecular weight is 285 g/mol. The van der Waals surface area contributed by atoms with E-state index in [1.807, 2.05) is 0 Å². The van der Waals surface area contributed by atoms with E-state index in [1.54, 1.807) is 43.0 Å². The van der Waals surface area contributed by atoms with Crippen molar-refractivity contribution < 1.29 is 17.9 Å². The van der Waals surface area contributed by atoms with Crippen LogP contribution in [-0.2, 0) is 0 Å². The van der Waals surface area contributed by atoms with Gasteiger partial charge in [-0.3, -0.25) is 0 Å². The Morgan fingerprint density at radius 2 is 1.95 bits per heavy atom. The molecule has 0 radical (unpaired) electrons. The fraction of sp³-hybridized carbons (Fsp3) is 0.467. The number of alkyl halides is 3. The third kappa shape index (κ3) is 4.37. The molecule has 0 aliphatic carbocycles. The highest BCUT2D eigenvalue weighted by Crippen LogP contribution is 2.29. The molecule has 0 fully saturated rings. The maximum absolute atomic E-state index is 12.5.